The molecule has 2 rings (SSSR count). The van der Waals surface area contributed by atoms with Gasteiger partial charge in [0, 0.05) is 18.1 Å². The minimum absolute atomic E-state index is 0.351. The normalized spacial score (nSPS) is 11.5. The zero-order chi connectivity index (χ0) is 18.2. The van der Waals surface area contributed by atoms with Crippen molar-refractivity contribution in [2.75, 3.05) is 20.2 Å². The van der Waals surface area contributed by atoms with E-state index in [-0.39, 0.29) is 0 Å². The third-order valence-electron chi connectivity index (χ3n) is 3.23. The highest BCUT2D eigenvalue weighted by atomic mass is 35.5. The van der Waals surface area contributed by atoms with E-state index in [2.05, 4.69) is 20.8 Å². The fraction of sp³-hybridized carbons (Fsp3) is 0.375. The number of hydrogen-bond acceptors (Lipinski definition) is 4. The largest absolute Gasteiger partial charge is 0.489 e. The number of rotatable bonds is 7. The average Bonchev–Trinajstić information content (AvgIpc) is 3.04. The molecule has 1 aromatic carbocycles. The van der Waals surface area contributed by atoms with Gasteiger partial charge in [-0.2, -0.15) is 0 Å². The van der Waals surface area contributed by atoms with Crippen molar-refractivity contribution in [3.63, 3.8) is 0 Å². The van der Waals surface area contributed by atoms with Gasteiger partial charge in [0.2, 0.25) is 0 Å². The maximum Gasteiger partial charge on any atom is 0.191 e. The first-order valence-corrected chi connectivity index (χ1v) is 8.83. The average molecular weight is 406 g/mol. The van der Waals surface area contributed by atoms with Crippen molar-refractivity contribution >= 4 is 40.8 Å². The molecule has 6 nitrogen and oxygen atoms in total. The van der Waals surface area contributed by atoms with Crippen molar-refractivity contribution < 1.29 is 9.26 Å². The molecule has 0 saturated carbocycles. The van der Waals surface area contributed by atoms with Crippen LogP contribution in [0.4, 0.5) is 0 Å². The molecule has 0 fully saturated rings. The molecule has 1 heterocycles. The number of aromatic nitrogens is 1. The number of hydrogen-bond donors (Lipinski definition) is 2. The maximum atomic E-state index is 6.07. The summed E-state index contributed by atoms with van der Waals surface area (Å²) in [6.07, 6.45) is 0.837. The van der Waals surface area contributed by atoms with Crippen LogP contribution >= 0.6 is 34.8 Å². The Morgan fingerprint density at radius 3 is 2.52 bits per heavy atom. The van der Waals surface area contributed by atoms with Crippen molar-refractivity contribution in [2.24, 2.45) is 4.99 Å². The summed E-state index contributed by atoms with van der Waals surface area (Å²) >= 11 is 18.0. The lowest BCUT2D eigenvalue weighted by Gasteiger charge is -2.13. The molecule has 9 heteroatoms. The highest BCUT2D eigenvalue weighted by Crippen LogP contribution is 2.35. The molecule has 0 saturated heterocycles. The molecule has 0 atom stereocenters. The molecule has 0 aliphatic carbocycles. The molecule has 2 aromatic rings. The molecular weight excluding hydrogens is 387 g/mol. The number of aliphatic imine (C=N–C) groups is 1. The predicted molar refractivity (Wildman–Crippen MR) is 101 cm³/mol. The standard InChI is InChI=1S/C16H19Cl3N4O2/c1-3-11-8-12(25-23-11)9-22-16(20-2)21-4-5-24-15-13(18)6-10(17)7-14(15)19/h6-8H,3-5,9H2,1-2H3,(H2,20,21,22). The first kappa shape index (κ1) is 19.7. The monoisotopic (exact) mass is 404 g/mol. The Hall–Kier alpha value is -1.63. The second kappa shape index (κ2) is 9.75. The van der Waals surface area contributed by atoms with Crippen LogP contribution in [0.25, 0.3) is 0 Å². The van der Waals surface area contributed by atoms with E-state index >= 15 is 0 Å². The van der Waals surface area contributed by atoms with Crippen molar-refractivity contribution in [1.82, 2.24) is 15.8 Å². The number of benzene rings is 1. The minimum Gasteiger partial charge on any atom is -0.489 e. The molecule has 2 N–H and O–H groups in total. The van der Waals surface area contributed by atoms with Gasteiger partial charge in [0.25, 0.3) is 0 Å². The number of halogens is 3. The molecule has 1 aromatic heterocycles. The van der Waals surface area contributed by atoms with Crippen molar-refractivity contribution in [3.8, 4) is 5.75 Å². The van der Waals surface area contributed by atoms with Crippen LogP contribution in [-0.4, -0.2) is 31.3 Å². The quantitative estimate of drug-likeness (QED) is 0.415. The van der Waals surface area contributed by atoms with E-state index in [9.17, 15) is 0 Å². The molecule has 25 heavy (non-hydrogen) atoms. The smallest absolute Gasteiger partial charge is 0.191 e. The van der Waals surface area contributed by atoms with Gasteiger partial charge in [0.05, 0.1) is 28.8 Å². The second-order valence-electron chi connectivity index (χ2n) is 5.04. The van der Waals surface area contributed by atoms with Crippen LogP contribution in [0.5, 0.6) is 5.75 Å². The van der Waals surface area contributed by atoms with Gasteiger partial charge < -0.3 is 19.9 Å². The number of guanidine groups is 1. The summed E-state index contributed by atoms with van der Waals surface area (Å²) < 4.78 is 10.8. The summed E-state index contributed by atoms with van der Waals surface area (Å²) in [5, 5.41) is 11.4. The zero-order valence-corrected chi connectivity index (χ0v) is 16.2. The predicted octanol–water partition coefficient (Wildman–Crippen LogP) is 3.94. The van der Waals surface area contributed by atoms with E-state index in [0.29, 0.717) is 46.5 Å². The lowest BCUT2D eigenvalue weighted by atomic mass is 10.3. The van der Waals surface area contributed by atoms with E-state index in [1.54, 1.807) is 19.2 Å². The highest BCUT2D eigenvalue weighted by molar-refractivity contribution is 6.40. The van der Waals surface area contributed by atoms with E-state index < -0.39 is 0 Å². The molecule has 0 aliphatic heterocycles. The van der Waals surface area contributed by atoms with Gasteiger partial charge in [0.15, 0.2) is 17.5 Å². The van der Waals surface area contributed by atoms with Crippen LogP contribution in [0.1, 0.15) is 18.4 Å². The number of nitrogens with one attached hydrogen (secondary N) is 2. The summed E-state index contributed by atoms with van der Waals surface area (Å²) in [6, 6.07) is 5.08. The Kier molecular flexibility index (Phi) is 7.68. The van der Waals surface area contributed by atoms with Gasteiger partial charge in [-0.15, -0.1) is 0 Å². The SMILES string of the molecule is CCc1cc(CNC(=NC)NCCOc2c(Cl)cc(Cl)cc2Cl)on1. The fourth-order valence-corrected chi connectivity index (χ4v) is 2.91. The van der Waals surface area contributed by atoms with Crippen molar-refractivity contribution in [2.45, 2.75) is 19.9 Å². The molecular formula is C16H19Cl3N4O2. The number of nitrogens with zero attached hydrogens (tertiary/aromatic N) is 2. The number of aryl methyl sites for hydroxylation is 1. The van der Waals surface area contributed by atoms with Gasteiger partial charge in [0.1, 0.15) is 6.61 Å². The van der Waals surface area contributed by atoms with E-state index in [1.165, 1.54) is 0 Å². The van der Waals surface area contributed by atoms with Crippen LogP contribution in [0.15, 0.2) is 27.7 Å². The Morgan fingerprint density at radius 1 is 1.20 bits per heavy atom. The maximum absolute atomic E-state index is 6.07. The lowest BCUT2D eigenvalue weighted by molar-refractivity contribution is 0.322. The van der Waals surface area contributed by atoms with Crippen molar-refractivity contribution in [1.29, 1.82) is 0 Å². The molecule has 136 valence electrons. The first-order valence-electron chi connectivity index (χ1n) is 7.69. The van der Waals surface area contributed by atoms with Gasteiger partial charge >= 0.3 is 0 Å². The van der Waals surface area contributed by atoms with Gasteiger partial charge in [-0.3, -0.25) is 4.99 Å². The molecule has 0 aliphatic rings. The van der Waals surface area contributed by atoms with Crippen molar-refractivity contribution in [3.05, 3.63) is 44.7 Å². The second-order valence-corrected chi connectivity index (χ2v) is 6.29. The van der Waals surface area contributed by atoms with Crippen LogP contribution in [-0.2, 0) is 13.0 Å². The van der Waals surface area contributed by atoms with Gasteiger partial charge in [-0.1, -0.05) is 46.9 Å². The molecule has 0 spiro atoms. The van der Waals surface area contributed by atoms with Crippen LogP contribution < -0.4 is 15.4 Å². The lowest BCUT2D eigenvalue weighted by Crippen LogP contribution is -2.38. The van der Waals surface area contributed by atoms with Crippen LogP contribution in [0.2, 0.25) is 15.1 Å². The van der Waals surface area contributed by atoms with E-state index in [0.717, 1.165) is 17.9 Å². The third-order valence-corrected chi connectivity index (χ3v) is 4.01. The number of ether oxygens (including phenoxy) is 1. The molecule has 0 amide bonds. The topological polar surface area (TPSA) is 71.7 Å². The minimum atomic E-state index is 0.351. The molecule has 0 unspecified atom stereocenters. The Labute approximate surface area is 161 Å². The summed E-state index contributed by atoms with van der Waals surface area (Å²) in [4.78, 5) is 4.13. The Balaban J connectivity index is 1.76. The zero-order valence-electron chi connectivity index (χ0n) is 13.9. The summed E-state index contributed by atoms with van der Waals surface area (Å²) in [6.45, 7) is 3.37. The van der Waals surface area contributed by atoms with E-state index in [1.807, 2.05) is 13.0 Å². The summed E-state index contributed by atoms with van der Waals surface area (Å²) in [5.41, 5.74) is 0.921. The van der Waals surface area contributed by atoms with Gasteiger partial charge in [-0.05, 0) is 18.6 Å². The Bertz CT molecular complexity index is 711. The van der Waals surface area contributed by atoms with Crippen LogP contribution in [0, 0.1) is 0 Å². The molecule has 0 radical (unpaired) electrons. The van der Waals surface area contributed by atoms with Gasteiger partial charge in [-0.25, -0.2) is 0 Å². The summed E-state index contributed by atoms with van der Waals surface area (Å²) in [7, 11) is 1.68. The van der Waals surface area contributed by atoms with E-state index in [4.69, 9.17) is 44.1 Å². The molecule has 0 bridgehead atoms. The highest BCUT2D eigenvalue weighted by Gasteiger charge is 2.09. The third kappa shape index (κ3) is 5.99. The summed E-state index contributed by atoms with van der Waals surface area (Å²) in [5.74, 6) is 1.77. The Morgan fingerprint density at radius 2 is 1.92 bits per heavy atom. The first-order chi connectivity index (χ1) is 12.0. The van der Waals surface area contributed by atoms with Crippen LogP contribution in [0.3, 0.4) is 0 Å². The fourth-order valence-electron chi connectivity index (χ4n) is 1.99.